The Morgan fingerprint density at radius 1 is 1.16 bits per heavy atom. The molecule has 3 rings (SSSR count). The Bertz CT molecular complexity index is 708. The lowest BCUT2D eigenvalue weighted by molar-refractivity contribution is 0.469. The molecule has 19 heavy (non-hydrogen) atoms. The summed E-state index contributed by atoms with van der Waals surface area (Å²) in [6.45, 7) is 2.03. The predicted molar refractivity (Wildman–Crippen MR) is 76.5 cm³/mol. The minimum Gasteiger partial charge on any atom is -0.438 e. The minimum absolute atomic E-state index is 0.345. The van der Waals surface area contributed by atoms with E-state index in [1.807, 2.05) is 42.6 Å². The number of hydrogen-bond acceptors (Lipinski definition) is 6. The topological polar surface area (TPSA) is 73.1 Å². The summed E-state index contributed by atoms with van der Waals surface area (Å²) >= 11 is 1.52. The molecule has 0 amide bonds. The third-order valence-corrected chi connectivity index (χ3v) is 3.46. The zero-order valence-electron chi connectivity index (χ0n) is 10.3. The molecule has 0 unspecified atom stereocenters. The molecule has 0 bridgehead atoms. The highest BCUT2D eigenvalue weighted by Crippen LogP contribution is 2.31. The van der Waals surface area contributed by atoms with Gasteiger partial charge in [-0.3, -0.25) is 5.43 Å². The van der Waals surface area contributed by atoms with Crippen molar-refractivity contribution in [1.29, 1.82) is 0 Å². The van der Waals surface area contributed by atoms with Gasteiger partial charge in [0.05, 0.1) is 5.39 Å². The van der Waals surface area contributed by atoms with Gasteiger partial charge in [0, 0.05) is 0 Å². The van der Waals surface area contributed by atoms with Crippen LogP contribution in [-0.2, 0) is 0 Å². The van der Waals surface area contributed by atoms with E-state index in [-0.39, 0.29) is 0 Å². The van der Waals surface area contributed by atoms with Crippen molar-refractivity contribution in [1.82, 2.24) is 9.97 Å². The van der Waals surface area contributed by atoms with Crippen LogP contribution in [0.5, 0.6) is 11.6 Å². The fraction of sp³-hybridized carbons (Fsp3) is 0.0769. The van der Waals surface area contributed by atoms with Crippen LogP contribution in [0.2, 0.25) is 0 Å². The van der Waals surface area contributed by atoms with Gasteiger partial charge >= 0.3 is 0 Å². The Morgan fingerprint density at radius 2 is 1.95 bits per heavy atom. The molecule has 3 N–H and O–H groups in total. The number of nitrogen functional groups attached to an aromatic ring is 1. The van der Waals surface area contributed by atoms with E-state index in [0.29, 0.717) is 11.8 Å². The first-order chi connectivity index (χ1) is 9.26. The number of rotatable bonds is 3. The molecule has 0 radical (unpaired) electrons. The smallest absolute Gasteiger partial charge is 0.241 e. The van der Waals surface area contributed by atoms with Crippen molar-refractivity contribution >= 4 is 27.5 Å². The number of fused-ring (bicyclic) bond motifs is 1. The van der Waals surface area contributed by atoms with Gasteiger partial charge in [-0.2, -0.15) is 4.98 Å². The first-order valence-corrected chi connectivity index (χ1v) is 6.60. The van der Waals surface area contributed by atoms with Crippen molar-refractivity contribution < 1.29 is 4.74 Å². The molecule has 0 aliphatic heterocycles. The highest BCUT2D eigenvalue weighted by molar-refractivity contribution is 7.16. The van der Waals surface area contributed by atoms with Gasteiger partial charge in [0.1, 0.15) is 10.6 Å². The quantitative estimate of drug-likeness (QED) is 0.566. The van der Waals surface area contributed by atoms with Gasteiger partial charge < -0.3 is 4.74 Å². The second-order valence-corrected chi connectivity index (χ2v) is 4.95. The maximum Gasteiger partial charge on any atom is 0.241 e. The number of nitrogens with zero attached hydrogens (tertiary/aromatic N) is 2. The van der Waals surface area contributed by atoms with E-state index in [4.69, 9.17) is 10.6 Å². The van der Waals surface area contributed by atoms with Gasteiger partial charge in [-0.25, -0.2) is 10.8 Å². The maximum absolute atomic E-state index is 5.81. The number of benzene rings is 1. The summed E-state index contributed by atoms with van der Waals surface area (Å²) in [6.07, 6.45) is 0. The molecule has 0 aliphatic rings. The standard InChI is InChI=1S/C13H12N4OS/c1-8-2-4-9(5-3-8)18-11-10-6-7-19-12(10)16-13(15-11)17-14/h2-7H,14H2,1H3,(H,15,16,17). The van der Waals surface area contributed by atoms with Crippen LogP contribution < -0.4 is 16.0 Å². The van der Waals surface area contributed by atoms with E-state index in [1.54, 1.807) is 0 Å². The van der Waals surface area contributed by atoms with Crippen molar-refractivity contribution in [2.75, 3.05) is 5.43 Å². The first kappa shape index (κ1) is 11.9. The summed E-state index contributed by atoms with van der Waals surface area (Å²) in [7, 11) is 0. The Hall–Kier alpha value is -2.18. The molecule has 0 spiro atoms. The molecule has 0 saturated carbocycles. The summed E-state index contributed by atoms with van der Waals surface area (Å²) in [6, 6.07) is 9.73. The SMILES string of the molecule is Cc1ccc(Oc2nc(NN)nc3sccc23)cc1. The van der Waals surface area contributed by atoms with Crippen molar-refractivity contribution in [3.63, 3.8) is 0 Å². The molecule has 2 heterocycles. The van der Waals surface area contributed by atoms with E-state index in [9.17, 15) is 0 Å². The summed E-state index contributed by atoms with van der Waals surface area (Å²) in [5, 5.41) is 2.83. The van der Waals surface area contributed by atoms with Crippen LogP contribution >= 0.6 is 11.3 Å². The lowest BCUT2D eigenvalue weighted by Crippen LogP contribution is -2.10. The monoisotopic (exact) mass is 272 g/mol. The third-order valence-electron chi connectivity index (χ3n) is 2.65. The molecule has 0 fully saturated rings. The number of aromatic nitrogens is 2. The molecular formula is C13H12N4OS. The molecule has 0 saturated heterocycles. The highest BCUT2D eigenvalue weighted by atomic mass is 32.1. The van der Waals surface area contributed by atoms with Crippen molar-refractivity contribution in [3.8, 4) is 11.6 Å². The van der Waals surface area contributed by atoms with Crippen LogP contribution in [0.1, 0.15) is 5.56 Å². The Labute approximate surface area is 114 Å². The molecular weight excluding hydrogens is 260 g/mol. The molecule has 96 valence electrons. The lowest BCUT2D eigenvalue weighted by Gasteiger charge is -2.07. The molecule has 2 aromatic heterocycles. The van der Waals surface area contributed by atoms with Crippen molar-refractivity contribution in [2.45, 2.75) is 6.92 Å². The van der Waals surface area contributed by atoms with Crippen LogP contribution in [0, 0.1) is 6.92 Å². The maximum atomic E-state index is 5.81. The normalized spacial score (nSPS) is 10.6. The second-order valence-electron chi connectivity index (χ2n) is 4.05. The number of anilines is 1. The zero-order chi connectivity index (χ0) is 13.2. The minimum atomic E-state index is 0.345. The summed E-state index contributed by atoms with van der Waals surface area (Å²) in [5.41, 5.74) is 3.63. The molecule has 6 heteroatoms. The van der Waals surface area contributed by atoms with Gasteiger partial charge in [0.15, 0.2) is 0 Å². The van der Waals surface area contributed by atoms with Crippen molar-refractivity contribution in [3.05, 3.63) is 41.3 Å². The van der Waals surface area contributed by atoms with Gasteiger partial charge in [-0.1, -0.05) is 17.7 Å². The van der Waals surface area contributed by atoms with Crippen LogP contribution in [0.4, 0.5) is 5.95 Å². The van der Waals surface area contributed by atoms with Gasteiger partial charge in [0.25, 0.3) is 0 Å². The Balaban J connectivity index is 2.03. The molecule has 0 aliphatic carbocycles. The number of hydrogen-bond donors (Lipinski definition) is 2. The number of nitrogens with one attached hydrogen (secondary N) is 1. The number of ether oxygens (including phenoxy) is 1. The van der Waals surface area contributed by atoms with Crippen molar-refractivity contribution in [2.24, 2.45) is 5.84 Å². The average Bonchev–Trinajstić information content (AvgIpc) is 2.89. The summed E-state index contributed by atoms with van der Waals surface area (Å²) in [4.78, 5) is 9.35. The van der Waals surface area contributed by atoms with Crippen LogP contribution in [0.25, 0.3) is 10.2 Å². The first-order valence-electron chi connectivity index (χ1n) is 5.72. The van der Waals surface area contributed by atoms with E-state index >= 15 is 0 Å². The highest BCUT2D eigenvalue weighted by Gasteiger charge is 2.10. The van der Waals surface area contributed by atoms with E-state index in [2.05, 4.69) is 15.4 Å². The number of thiophene rings is 1. The predicted octanol–water partition coefficient (Wildman–Crippen LogP) is 3.08. The van der Waals surface area contributed by atoms with E-state index < -0.39 is 0 Å². The summed E-state index contributed by atoms with van der Waals surface area (Å²) in [5.74, 6) is 6.95. The average molecular weight is 272 g/mol. The number of hydrazine groups is 1. The third kappa shape index (κ3) is 2.35. The van der Waals surface area contributed by atoms with Crippen LogP contribution in [0.15, 0.2) is 35.7 Å². The fourth-order valence-electron chi connectivity index (χ4n) is 1.69. The lowest BCUT2D eigenvalue weighted by atomic mass is 10.2. The van der Waals surface area contributed by atoms with Crippen LogP contribution in [0.3, 0.4) is 0 Å². The molecule has 1 aromatic carbocycles. The van der Waals surface area contributed by atoms with Gasteiger partial charge in [-0.05, 0) is 30.5 Å². The number of aryl methyl sites for hydroxylation is 1. The Kier molecular flexibility index (Phi) is 3.02. The molecule has 0 atom stereocenters. The fourth-order valence-corrected chi connectivity index (χ4v) is 2.44. The summed E-state index contributed by atoms with van der Waals surface area (Å²) < 4.78 is 5.81. The second kappa shape index (κ2) is 4.83. The molecule has 5 nitrogen and oxygen atoms in total. The van der Waals surface area contributed by atoms with E-state index in [0.717, 1.165) is 16.0 Å². The van der Waals surface area contributed by atoms with Crippen LogP contribution in [-0.4, -0.2) is 9.97 Å². The molecule has 3 aromatic rings. The van der Waals surface area contributed by atoms with Gasteiger partial charge in [-0.15, -0.1) is 11.3 Å². The van der Waals surface area contributed by atoms with E-state index in [1.165, 1.54) is 16.9 Å². The zero-order valence-corrected chi connectivity index (χ0v) is 11.1. The van der Waals surface area contributed by atoms with Gasteiger partial charge in [0.2, 0.25) is 11.8 Å². The Morgan fingerprint density at radius 3 is 2.68 bits per heavy atom. The largest absolute Gasteiger partial charge is 0.438 e. The number of nitrogens with two attached hydrogens (primary N) is 1.